The summed E-state index contributed by atoms with van der Waals surface area (Å²) in [5.41, 5.74) is 1.64. The Kier molecular flexibility index (Phi) is 4.87. The van der Waals surface area contributed by atoms with Gasteiger partial charge in [-0.05, 0) is 24.6 Å². The monoisotopic (exact) mass is 363 g/mol. The minimum Gasteiger partial charge on any atom is -0.493 e. The van der Waals surface area contributed by atoms with E-state index in [1.165, 1.54) is 0 Å². The van der Waals surface area contributed by atoms with Crippen molar-refractivity contribution in [2.75, 3.05) is 6.61 Å². The van der Waals surface area contributed by atoms with Gasteiger partial charge in [-0.1, -0.05) is 30.3 Å². The topological polar surface area (TPSA) is 73.2 Å². The molecular weight excluding hydrogens is 342 g/mol. The number of carbonyl (C=O) groups is 1. The molecule has 1 atom stereocenters. The predicted molar refractivity (Wildman–Crippen MR) is 103 cm³/mol. The van der Waals surface area contributed by atoms with Crippen LogP contribution in [0.2, 0.25) is 0 Å². The SMILES string of the molecule is O=C(CCCn1cnc2ccccc2c1=O)NC1CCOc2ccccc21. The lowest BCUT2D eigenvalue weighted by Gasteiger charge is -2.26. The van der Waals surface area contributed by atoms with Crippen LogP contribution in [0, 0.1) is 0 Å². The Bertz CT molecular complexity index is 1030. The molecule has 0 spiro atoms. The van der Waals surface area contributed by atoms with Gasteiger partial charge >= 0.3 is 0 Å². The van der Waals surface area contributed by atoms with E-state index in [-0.39, 0.29) is 17.5 Å². The standard InChI is InChI=1S/C21H21N3O3/c25-20(23-18-11-13-27-19-9-4-2-6-15(18)19)10-5-12-24-14-22-17-8-3-1-7-16(17)21(24)26/h1-4,6-9,14,18H,5,10-13H2,(H,23,25). The fraction of sp³-hybridized carbons (Fsp3) is 0.286. The number of aryl methyl sites for hydroxylation is 1. The van der Waals surface area contributed by atoms with Gasteiger partial charge in [0.1, 0.15) is 5.75 Å². The van der Waals surface area contributed by atoms with Crippen molar-refractivity contribution in [3.63, 3.8) is 0 Å². The maximum atomic E-state index is 12.5. The van der Waals surface area contributed by atoms with Crippen molar-refractivity contribution in [3.05, 3.63) is 70.8 Å². The van der Waals surface area contributed by atoms with Crippen molar-refractivity contribution in [2.24, 2.45) is 0 Å². The molecule has 0 saturated carbocycles. The van der Waals surface area contributed by atoms with Crippen LogP contribution in [0.15, 0.2) is 59.7 Å². The number of rotatable bonds is 5. The van der Waals surface area contributed by atoms with Gasteiger partial charge in [-0.3, -0.25) is 14.2 Å². The Hall–Kier alpha value is -3.15. The first-order valence-corrected chi connectivity index (χ1v) is 9.17. The first kappa shape index (κ1) is 17.3. The number of carbonyl (C=O) groups excluding carboxylic acids is 1. The lowest BCUT2D eigenvalue weighted by Crippen LogP contribution is -2.32. The fourth-order valence-electron chi connectivity index (χ4n) is 3.43. The van der Waals surface area contributed by atoms with Crippen molar-refractivity contribution in [1.82, 2.24) is 14.9 Å². The highest BCUT2D eigenvalue weighted by molar-refractivity contribution is 5.77. The van der Waals surface area contributed by atoms with Crippen LogP contribution >= 0.6 is 0 Å². The molecule has 2 aromatic carbocycles. The Morgan fingerprint density at radius 1 is 1.19 bits per heavy atom. The molecule has 4 rings (SSSR count). The maximum absolute atomic E-state index is 12.5. The second-order valence-electron chi connectivity index (χ2n) is 6.66. The predicted octanol–water partition coefficient (Wildman–Crippen LogP) is 2.82. The summed E-state index contributed by atoms with van der Waals surface area (Å²) in [6, 6.07) is 15.0. The highest BCUT2D eigenvalue weighted by atomic mass is 16.5. The van der Waals surface area contributed by atoms with E-state index in [0.29, 0.717) is 36.9 Å². The summed E-state index contributed by atoms with van der Waals surface area (Å²) in [4.78, 5) is 29.1. The maximum Gasteiger partial charge on any atom is 0.261 e. The first-order chi connectivity index (χ1) is 13.2. The quantitative estimate of drug-likeness (QED) is 0.756. The fourth-order valence-corrected chi connectivity index (χ4v) is 3.43. The molecule has 3 aromatic rings. The number of fused-ring (bicyclic) bond motifs is 2. The Morgan fingerprint density at radius 3 is 2.93 bits per heavy atom. The third kappa shape index (κ3) is 3.69. The third-order valence-corrected chi connectivity index (χ3v) is 4.83. The van der Waals surface area contributed by atoms with Crippen LogP contribution in [-0.4, -0.2) is 22.1 Å². The van der Waals surface area contributed by atoms with Crippen LogP contribution in [-0.2, 0) is 11.3 Å². The van der Waals surface area contributed by atoms with Gasteiger partial charge < -0.3 is 10.1 Å². The zero-order valence-electron chi connectivity index (χ0n) is 14.9. The van der Waals surface area contributed by atoms with Gasteiger partial charge in [0.15, 0.2) is 0 Å². The third-order valence-electron chi connectivity index (χ3n) is 4.83. The lowest BCUT2D eigenvalue weighted by molar-refractivity contribution is -0.122. The van der Waals surface area contributed by atoms with Crippen molar-refractivity contribution in [1.29, 1.82) is 0 Å². The van der Waals surface area contributed by atoms with E-state index < -0.39 is 0 Å². The van der Waals surface area contributed by atoms with Crippen LogP contribution in [0.25, 0.3) is 10.9 Å². The van der Waals surface area contributed by atoms with E-state index in [1.807, 2.05) is 42.5 Å². The number of benzene rings is 2. The average molecular weight is 363 g/mol. The molecule has 1 amide bonds. The van der Waals surface area contributed by atoms with Gasteiger partial charge in [-0.2, -0.15) is 0 Å². The number of hydrogen-bond donors (Lipinski definition) is 1. The van der Waals surface area contributed by atoms with Crippen molar-refractivity contribution in [2.45, 2.75) is 31.8 Å². The van der Waals surface area contributed by atoms with Gasteiger partial charge in [0.2, 0.25) is 5.91 Å². The molecule has 6 nitrogen and oxygen atoms in total. The van der Waals surface area contributed by atoms with E-state index in [2.05, 4.69) is 10.3 Å². The Balaban J connectivity index is 1.36. The van der Waals surface area contributed by atoms with Crippen LogP contribution in [0.4, 0.5) is 0 Å². The van der Waals surface area contributed by atoms with Gasteiger partial charge in [0, 0.05) is 24.9 Å². The molecule has 6 heteroatoms. The molecule has 138 valence electrons. The molecule has 1 aromatic heterocycles. The largest absolute Gasteiger partial charge is 0.493 e. The number of nitrogens with zero attached hydrogens (tertiary/aromatic N) is 2. The van der Waals surface area contributed by atoms with E-state index >= 15 is 0 Å². The number of aromatic nitrogens is 2. The van der Waals surface area contributed by atoms with Crippen LogP contribution < -0.4 is 15.6 Å². The van der Waals surface area contributed by atoms with Crippen LogP contribution in [0.3, 0.4) is 0 Å². The van der Waals surface area contributed by atoms with E-state index in [4.69, 9.17) is 4.74 Å². The molecule has 1 N–H and O–H groups in total. The summed E-state index contributed by atoms with van der Waals surface area (Å²) in [6.45, 7) is 1.06. The highest BCUT2D eigenvalue weighted by Gasteiger charge is 2.22. The molecule has 27 heavy (non-hydrogen) atoms. The van der Waals surface area contributed by atoms with Gasteiger partial charge in [0.05, 0.1) is 29.9 Å². The molecular formula is C21H21N3O3. The normalized spacial score (nSPS) is 15.8. The zero-order chi connectivity index (χ0) is 18.6. The second kappa shape index (κ2) is 7.61. The molecule has 1 unspecified atom stereocenters. The second-order valence-corrected chi connectivity index (χ2v) is 6.66. The number of ether oxygens (including phenoxy) is 1. The van der Waals surface area contributed by atoms with E-state index in [1.54, 1.807) is 17.0 Å². The summed E-state index contributed by atoms with van der Waals surface area (Å²) in [5.74, 6) is 0.821. The van der Waals surface area contributed by atoms with Gasteiger partial charge in [-0.15, -0.1) is 0 Å². The van der Waals surface area contributed by atoms with Gasteiger partial charge in [0.25, 0.3) is 5.56 Å². The van der Waals surface area contributed by atoms with Crippen LogP contribution in [0.5, 0.6) is 5.75 Å². The Labute approximate surface area is 156 Å². The summed E-state index contributed by atoms with van der Waals surface area (Å²) in [5, 5.41) is 3.68. The number of amides is 1. The number of hydrogen-bond acceptors (Lipinski definition) is 4. The highest BCUT2D eigenvalue weighted by Crippen LogP contribution is 2.31. The van der Waals surface area contributed by atoms with Crippen molar-refractivity contribution >= 4 is 16.8 Å². The van der Waals surface area contributed by atoms with Crippen molar-refractivity contribution in [3.8, 4) is 5.75 Å². The molecule has 0 fully saturated rings. The van der Waals surface area contributed by atoms with Crippen LogP contribution in [0.1, 0.15) is 30.9 Å². The summed E-state index contributed by atoms with van der Waals surface area (Å²) < 4.78 is 7.20. The molecule has 0 radical (unpaired) electrons. The molecule has 0 saturated heterocycles. The van der Waals surface area contributed by atoms with Gasteiger partial charge in [-0.25, -0.2) is 4.98 Å². The number of para-hydroxylation sites is 2. The smallest absolute Gasteiger partial charge is 0.261 e. The molecule has 1 aliphatic heterocycles. The summed E-state index contributed by atoms with van der Waals surface area (Å²) >= 11 is 0. The average Bonchev–Trinajstić information content (AvgIpc) is 2.70. The Morgan fingerprint density at radius 2 is 2.00 bits per heavy atom. The summed E-state index contributed by atoms with van der Waals surface area (Å²) in [7, 11) is 0. The zero-order valence-corrected chi connectivity index (χ0v) is 14.9. The molecule has 1 aliphatic rings. The van der Waals surface area contributed by atoms with E-state index in [9.17, 15) is 9.59 Å². The molecule has 0 bridgehead atoms. The minimum absolute atomic E-state index is 0.0153. The summed E-state index contributed by atoms with van der Waals surface area (Å²) in [6.07, 6.45) is 3.25. The van der Waals surface area contributed by atoms with Crippen molar-refractivity contribution < 1.29 is 9.53 Å². The lowest BCUT2D eigenvalue weighted by atomic mass is 10.0. The molecule has 0 aliphatic carbocycles. The number of nitrogens with one attached hydrogen (secondary N) is 1. The molecule has 2 heterocycles. The minimum atomic E-state index is -0.0700. The first-order valence-electron chi connectivity index (χ1n) is 9.17. The van der Waals surface area contributed by atoms with E-state index in [0.717, 1.165) is 17.7 Å².